The fraction of sp³-hybridized carbons (Fsp3) is 0.238. The summed E-state index contributed by atoms with van der Waals surface area (Å²) in [5.74, 6) is 0.0811. The van der Waals surface area contributed by atoms with Crippen molar-refractivity contribution in [1.29, 1.82) is 0 Å². The molecule has 0 aromatic heterocycles. The van der Waals surface area contributed by atoms with Gasteiger partial charge in [-0.1, -0.05) is 42.8 Å². The van der Waals surface area contributed by atoms with Gasteiger partial charge in [0.05, 0.1) is 10.6 Å². The molecule has 1 fully saturated rings. The summed E-state index contributed by atoms with van der Waals surface area (Å²) in [5.41, 5.74) is 2.89. The van der Waals surface area contributed by atoms with Gasteiger partial charge >= 0.3 is 0 Å². The number of anilines is 1. The molecule has 0 spiro atoms. The topological polar surface area (TPSA) is 46.2 Å². The van der Waals surface area contributed by atoms with E-state index in [1.54, 1.807) is 24.3 Å². The summed E-state index contributed by atoms with van der Waals surface area (Å²) >= 11 is 6.07. The lowest BCUT2D eigenvalue weighted by atomic mass is 9.84. The first-order valence-electron chi connectivity index (χ1n) is 8.45. The highest BCUT2D eigenvalue weighted by molar-refractivity contribution is 6.34. The van der Waals surface area contributed by atoms with Gasteiger partial charge in [0.2, 0.25) is 0 Å². The van der Waals surface area contributed by atoms with Crippen LogP contribution in [-0.4, -0.2) is 11.7 Å². The lowest BCUT2D eigenvalue weighted by Gasteiger charge is -2.19. The van der Waals surface area contributed by atoms with Crippen LogP contribution in [0.2, 0.25) is 5.02 Å². The van der Waals surface area contributed by atoms with Gasteiger partial charge in [-0.05, 0) is 60.7 Å². The van der Waals surface area contributed by atoms with Crippen molar-refractivity contribution in [1.82, 2.24) is 0 Å². The second kappa shape index (κ2) is 7.66. The van der Waals surface area contributed by atoms with Gasteiger partial charge < -0.3 is 5.32 Å². The first kappa shape index (κ1) is 17.4. The number of nitrogens with one attached hydrogen (secondary N) is 1. The van der Waals surface area contributed by atoms with Gasteiger partial charge in [0.25, 0.3) is 5.91 Å². The number of Topliss-reactive ketones (excluding diaryl/α,β-unsaturated/α-hetero) is 1. The van der Waals surface area contributed by atoms with Crippen LogP contribution in [0.25, 0.3) is 6.08 Å². The van der Waals surface area contributed by atoms with E-state index >= 15 is 0 Å². The minimum Gasteiger partial charge on any atom is -0.322 e. The van der Waals surface area contributed by atoms with E-state index < -0.39 is 0 Å². The first-order valence-corrected chi connectivity index (χ1v) is 8.83. The van der Waals surface area contributed by atoms with Crippen LogP contribution in [0.3, 0.4) is 0 Å². The quantitative estimate of drug-likeness (QED) is 0.754. The smallest absolute Gasteiger partial charge is 0.257 e. The maximum absolute atomic E-state index is 12.4. The Labute approximate surface area is 152 Å². The molecule has 1 aliphatic rings. The highest BCUT2D eigenvalue weighted by atomic mass is 35.5. The molecular formula is C21H20ClNO2. The average Bonchev–Trinajstić information content (AvgIpc) is 2.60. The monoisotopic (exact) mass is 353 g/mol. The molecule has 128 valence electrons. The number of hydrogen-bond acceptors (Lipinski definition) is 2. The molecule has 2 aromatic carbocycles. The van der Waals surface area contributed by atoms with Crippen LogP contribution in [0.5, 0.6) is 0 Å². The molecule has 1 saturated carbocycles. The van der Waals surface area contributed by atoms with Crippen LogP contribution in [0.4, 0.5) is 5.69 Å². The predicted molar refractivity (Wildman–Crippen MR) is 102 cm³/mol. The molecular weight excluding hydrogens is 334 g/mol. The van der Waals surface area contributed by atoms with Crippen molar-refractivity contribution in [3.63, 3.8) is 0 Å². The van der Waals surface area contributed by atoms with Crippen LogP contribution in [0.1, 0.15) is 42.1 Å². The Morgan fingerprint density at radius 3 is 2.80 bits per heavy atom. The van der Waals surface area contributed by atoms with Crippen LogP contribution in [0, 0.1) is 5.92 Å². The molecule has 0 heterocycles. The molecule has 25 heavy (non-hydrogen) atoms. The summed E-state index contributed by atoms with van der Waals surface area (Å²) in [6, 6.07) is 14.4. The lowest BCUT2D eigenvalue weighted by molar-refractivity contribution is -0.119. The number of rotatable bonds is 3. The SMILES string of the molecule is C[C@@H]1CCC/C(=C\c2cccc(NC(=O)c3ccccc3Cl)c2)C1=O. The van der Waals surface area contributed by atoms with E-state index in [-0.39, 0.29) is 17.6 Å². The summed E-state index contributed by atoms with van der Waals surface area (Å²) in [6.07, 6.45) is 4.76. The Morgan fingerprint density at radius 1 is 1.20 bits per heavy atom. The van der Waals surface area contributed by atoms with Gasteiger partial charge in [-0.25, -0.2) is 0 Å². The zero-order valence-corrected chi connectivity index (χ0v) is 14.8. The fourth-order valence-corrected chi connectivity index (χ4v) is 3.29. The van der Waals surface area contributed by atoms with Gasteiger partial charge in [-0.15, -0.1) is 0 Å². The number of halogens is 1. The molecule has 1 aliphatic carbocycles. The minimum atomic E-state index is -0.252. The van der Waals surface area contributed by atoms with Crippen molar-refractivity contribution in [3.8, 4) is 0 Å². The Morgan fingerprint density at radius 2 is 2.00 bits per heavy atom. The summed E-state index contributed by atoms with van der Waals surface area (Å²) in [6.45, 7) is 1.98. The van der Waals surface area contributed by atoms with E-state index in [1.165, 1.54) is 0 Å². The van der Waals surface area contributed by atoms with Crippen molar-refractivity contribution in [3.05, 3.63) is 70.3 Å². The normalized spacial score (nSPS) is 19.0. The summed E-state index contributed by atoms with van der Waals surface area (Å²) in [5, 5.41) is 3.28. The van der Waals surface area contributed by atoms with Crippen molar-refractivity contribution in [2.24, 2.45) is 5.92 Å². The molecule has 0 bridgehead atoms. The first-order chi connectivity index (χ1) is 12.0. The maximum Gasteiger partial charge on any atom is 0.257 e. The zero-order valence-electron chi connectivity index (χ0n) is 14.1. The molecule has 3 rings (SSSR count). The minimum absolute atomic E-state index is 0.100. The number of ketones is 1. The Bertz CT molecular complexity index is 841. The average molecular weight is 354 g/mol. The van der Waals surface area contributed by atoms with Gasteiger partial charge in [-0.2, -0.15) is 0 Å². The van der Waals surface area contributed by atoms with E-state index in [1.807, 2.05) is 37.3 Å². The van der Waals surface area contributed by atoms with Crippen molar-refractivity contribution >= 4 is 35.1 Å². The van der Waals surface area contributed by atoms with Gasteiger partial charge in [0.1, 0.15) is 0 Å². The number of amides is 1. The van der Waals surface area contributed by atoms with Crippen LogP contribution in [-0.2, 0) is 4.79 Å². The molecule has 3 nitrogen and oxygen atoms in total. The largest absolute Gasteiger partial charge is 0.322 e. The van der Waals surface area contributed by atoms with Crippen molar-refractivity contribution < 1.29 is 9.59 Å². The highest BCUT2D eigenvalue weighted by Gasteiger charge is 2.22. The number of carbonyl (C=O) groups excluding carboxylic acids is 2. The maximum atomic E-state index is 12.4. The number of hydrogen-bond donors (Lipinski definition) is 1. The Balaban J connectivity index is 1.79. The molecule has 0 aliphatic heterocycles. The highest BCUT2D eigenvalue weighted by Crippen LogP contribution is 2.27. The van der Waals surface area contributed by atoms with Crippen molar-refractivity contribution in [2.45, 2.75) is 26.2 Å². The fourth-order valence-electron chi connectivity index (χ4n) is 3.06. The molecule has 1 amide bonds. The van der Waals surface area contributed by atoms with Crippen LogP contribution in [0.15, 0.2) is 54.1 Å². The Hall–Kier alpha value is -2.39. The van der Waals surface area contributed by atoms with E-state index in [4.69, 9.17) is 11.6 Å². The molecule has 2 aromatic rings. The molecule has 0 unspecified atom stereocenters. The van der Waals surface area contributed by atoms with E-state index in [0.29, 0.717) is 16.3 Å². The third kappa shape index (κ3) is 4.18. The molecule has 1 N–H and O–H groups in total. The third-order valence-electron chi connectivity index (χ3n) is 4.45. The summed E-state index contributed by atoms with van der Waals surface area (Å²) in [4.78, 5) is 24.6. The van der Waals surface area contributed by atoms with E-state index in [0.717, 1.165) is 30.4 Å². The van der Waals surface area contributed by atoms with Crippen LogP contribution >= 0.6 is 11.6 Å². The van der Waals surface area contributed by atoms with Crippen molar-refractivity contribution in [2.75, 3.05) is 5.32 Å². The Kier molecular flexibility index (Phi) is 5.34. The molecule has 1 atom stereocenters. The molecule has 4 heteroatoms. The zero-order chi connectivity index (χ0) is 17.8. The predicted octanol–water partition coefficient (Wildman–Crippen LogP) is 5.36. The van der Waals surface area contributed by atoms with Gasteiger partial charge in [0.15, 0.2) is 5.78 Å². The molecule has 0 radical (unpaired) electrons. The second-order valence-electron chi connectivity index (χ2n) is 6.39. The van der Waals surface area contributed by atoms with E-state index in [2.05, 4.69) is 5.32 Å². The van der Waals surface area contributed by atoms with Gasteiger partial charge in [-0.3, -0.25) is 9.59 Å². The van der Waals surface area contributed by atoms with Gasteiger partial charge in [0, 0.05) is 11.6 Å². The second-order valence-corrected chi connectivity index (χ2v) is 6.79. The number of benzene rings is 2. The lowest BCUT2D eigenvalue weighted by Crippen LogP contribution is -2.18. The van der Waals surface area contributed by atoms with E-state index in [9.17, 15) is 9.59 Å². The van der Waals surface area contributed by atoms with Crippen LogP contribution < -0.4 is 5.32 Å². The standard InChI is InChI=1S/C21H20ClNO2/c1-14-6-4-8-16(20(14)24)12-15-7-5-9-17(13-15)23-21(25)18-10-2-3-11-19(18)22/h2-3,5,7,9-14H,4,6,8H2,1H3,(H,23,25)/b16-12+/t14-/m1/s1. The number of carbonyl (C=O) groups is 2. The third-order valence-corrected chi connectivity index (χ3v) is 4.78. The summed E-state index contributed by atoms with van der Waals surface area (Å²) in [7, 11) is 0. The molecule has 0 saturated heterocycles. The number of allylic oxidation sites excluding steroid dienone is 1. The summed E-state index contributed by atoms with van der Waals surface area (Å²) < 4.78 is 0.